The van der Waals surface area contributed by atoms with Crippen LogP contribution in [0.3, 0.4) is 0 Å². The van der Waals surface area contributed by atoms with Crippen LogP contribution in [0.4, 0.5) is 17.8 Å². The Morgan fingerprint density at radius 1 is 0.533 bits per heavy atom. The summed E-state index contributed by atoms with van der Waals surface area (Å²) in [6.45, 7) is 26.7. The van der Waals surface area contributed by atoms with E-state index in [4.69, 9.17) is 14.7 Å². The van der Waals surface area contributed by atoms with Gasteiger partial charge in [0.25, 0.3) is 0 Å². The lowest BCUT2D eigenvalue weighted by Crippen LogP contribution is -2.60. The summed E-state index contributed by atoms with van der Waals surface area (Å²) in [6.07, 6.45) is 26.5. The largest absolute Gasteiger partial charge is 0.481 e. The van der Waals surface area contributed by atoms with Gasteiger partial charge in [0.2, 0.25) is 17.8 Å². The highest BCUT2D eigenvalue weighted by Crippen LogP contribution is 2.44. The fraction of sp³-hybridized carbons (Fsp3) is 0.917. The first-order chi connectivity index (χ1) is 28.5. The number of hydrogen-bond donors (Lipinski definition) is 4. The molecule has 0 bridgehead atoms. The molecule has 3 rings (SSSR count). The van der Waals surface area contributed by atoms with Gasteiger partial charge in [0.05, 0.1) is 19.6 Å². The maximum absolute atomic E-state index is 11.2. The minimum absolute atomic E-state index is 0.00126. The predicted molar refractivity (Wildman–Crippen MR) is 249 cm³/mol. The molecule has 2 saturated heterocycles. The highest BCUT2D eigenvalue weighted by Gasteiger charge is 2.47. The Bertz CT molecular complexity index is 1220. The van der Waals surface area contributed by atoms with Gasteiger partial charge in [-0.3, -0.25) is 14.5 Å². The van der Waals surface area contributed by atoms with Gasteiger partial charge >= 0.3 is 5.97 Å². The maximum Gasteiger partial charge on any atom is 0.305 e. The highest BCUT2D eigenvalue weighted by molar-refractivity contribution is 5.67. The van der Waals surface area contributed by atoms with Crippen molar-refractivity contribution in [2.24, 2.45) is 11.8 Å². The van der Waals surface area contributed by atoms with Crippen LogP contribution in [0.1, 0.15) is 217 Å². The number of nitrogens with zero attached hydrogens (tertiary/aromatic N) is 5. The molecule has 12 heteroatoms. The number of aromatic nitrogens is 3. The molecular weight excluding hydrogens is 753 g/mol. The molecule has 3 heterocycles. The summed E-state index contributed by atoms with van der Waals surface area (Å²) in [5.41, 5.74) is -0.00506. The number of aliphatic carboxylic acids is 1. The fourth-order valence-electron chi connectivity index (χ4n) is 10.5. The molecule has 0 unspecified atom stereocenters. The second-order valence-electron chi connectivity index (χ2n) is 20.8. The van der Waals surface area contributed by atoms with Gasteiger partial charge in [-0.25, -0.2) is 0 Å². The lowest BCUT2D eigenvalue weighted by Gasteiger charge is -2.54. The second-order valence-corrected chi connectivity index (χ2v) is 20.8. The topological polar surface area (TPSA) is 137 Å². The van der Waals surface area contributed by atoms with Crippen molar-refractivity contribution in [3.63, 3.8) is 0 Å². The van der Waals surface area contributed by atoms with E-state index in [2.05, 4.69) is 105 Å². The molecular formula is C48H92N8O4. The Kier molecular flexibility index (Phi) is 22.9. The van der Waals surface area contributed by atoms with Crippen LogP contribution in [-0.4, -0.2) is 91.2 Å². The predicted octanol–water partition coefficient (Wildman–Crippen LogP) is 12.0. The van der Waals surface area contributed by atoms with Crippen LogP contribution in [0.5, 0.6) is 0 Å². The van der Waals surface area contributed by atoms with Gasteiger partial charge in [0.1, 0.15) is 0 Å². The summed E-state index contributed by atoms with van der Waals surface area (Å²) in [6, 6.07) is 0. The smallest absolute Gasteiger partial charge is 0.305 e. The molecule has 0 atom stereocenters. The van der Waals surface area contributed by atoms with Gasteiger partial charge in [-0.2, -0.15) is 25.1 Å². The van der Waals surface area contributed by atoms with Crippen molar-refractivity contribution < 1.29 is 19.6 Å². The monoisotopic (exact) mass is 845 g/mol. The molecule has 0 aromatic carbocycles. The second kappa shape index (κ2) is 26.4. The molecule has 2 aliphatic rings. The third-order valence-corrected chi connectivity index (χ3v) is 12.7. The Morgan fingerprint density at radius 3 is 1.22 bits per heavy atom. The SMILES string of the molecule is CCCCCCCCON1C(C)(C)CC(CCCCNc2nc(NCCCCC3CC(C)(C)N(OCCCCCCCC)C(C)(C)C3)nc(NCCC(=O)O)n2)CC1(C)C. The molecule has 4 N–H and O–H groups in total. The first kappa shape index (κ1) is 52.1. The van der Waals surface area contributed by atoms with Crippen molar-refractivity contribution in [2.45, 2.75) is 239 Å². The van der Waals surface area contributed by atoms with E-state index < -0.39 is 5.97 Å². The van der Waals surface area contributed by atoms with Crippen LogP contribution in [0.25, 0.3) is 0 Å². The van der Waals surface area contributed by atoms with Gasteiger partial charge in [-0.1, -0.05) is 104 Å². The zero-order chi connectivity index (χ0) is 44.1. The van der Waals surface area contributed by atoms with Crippen molar-refractivity contribution in [3.05, 3.63) is 0 Å². The van der Waals surface area contributed by atoms with Gasteiger partial charge in [-0.05, 0) is 119 Å². The zero-order valence-electron chi connectivity index (χ0n) is 40.4. The van der Waals surface area contributed by atoms with E-state index in [0.717, 1.165) is 90.5 Å². The highest BCUT2D eigenvalue weighted by atomic mass is 16.7. The van der Waals surface area contributed by atoms with Crippen LogP contribution in [0.2, 0.25) is 0 Å². The first-order valence-corrected chi connectivity index (χ1v) is 24.5. The molecule has 0 saturated carbocycles. The molecule has 0 amide bonds. The third kappa shape index (κ3) is 19.0. The summed E-state index contributed by atoms with van der Waals surface area (Å²) in [5, 5.41) is 23.8. The molecule has 60 heavy (non-hydrogen) atoms. The number of carboxylic acid groups (broad SMARTS) is 1. The normalized spacial score (nSPS) is 19.4. The van der Waals surface area contributed by atoms with E-state index in [9.17, 15) is 9.90 Å². The van der Waals surface area contributed by atoms with Gasteiger partial charge < -0.3 is 21.1 Å². The van der Waals surface area contributed by atoms with Crippen LogP contribution < -0.4 is 16.0 Å². The number of carboxylic acids is 1. The number of anilines is 3. The lowest BCUT2D eigenvalue weighted by molar-refractivity contribution is -0.288. The molecule has 12 nitrogen and oxygen atoms in total. The molecule has 1 aromatic rings. The van der Waals surface area contributed by atoms with E-state index in [1.54, 1.807) is 0 Å². The number of carbonyl (C=O) groups is 1. The number of unbranched alkanes of at least 4 members (excludes halogenated alkanes) is 12. The molecule has 348 valence electrons. The molecule has 1 aromatic heterocycles. The zero-order valence-corrected chi connectivity index (χ0v) is 40.4. The summed E-state index contributed by atoms with van der Waals surface area (Å²) in [4.78, 5) is 38.0. The van der Waals surface area contributed by atoms with Crippen LogP contribution in [0.15, 0.2) is 0 Å². The molecule has 0 aliphatic carbocycles. The minimum Gasteiger partial charge on any atom is -0.481 e. The van der Waals surface area contributed by atoms with Crippen molar-refractivity contribution in [3.8, 4) is 0 Å². The third-order valence-electron chi connectivity index (χ3n) is 12.7. The van der Waals surface area contributed by atoms with Crippen molar-refractivity contribution >= 4 is 23.8 Å². The summed E-state index contributed by atoms with van der Waals surface area (Å²) < 4.78 is 0. The van der Waals surface area contributed by atoms with Crippen LogP contribution in [0, 0.1) is 11.8 Å². The number of piperidine rings is 2. The average Bonchev–Trinajstić information content (AvgIpc) is 3.14. The van der Waals surface area contributed by atoms with Crippen molar-refractivity contribution in [1.82, 2.24) is 25.1 Å². The van der Waals surface area contributed by atoms with Gasteiger partial charge in [-0.15, -0.1) is 0 Å². The Hall–Kier alpha value is -2.28. The molecule has 0 spiro atoms. The Balaban J connectivity index is 1.43. The van der Waals surface area contributed by atoms with Gasteiger partial charge in [0, 0.05) is 41.8 Å². The molecule has 2 aliphatic heterocycles. The summed E-state index contributed by atoms with van der Waals surface area (Å²) >= 11 is 0. The Morgan fingerprint density at radius 2 is 0.867 bits per heavy atom. The summed E-state index contributed by atoms with van der Waals surface area (Å²) in [5.74, 6) is 1.87. The van der Waals surface area contributed by atoms with E-state index in [0.29, 0.717) is 29.7 Å². The fourth-order valence-corrected chi connectivity index (χ4v) is 10.5. The standard InChI is InChI=1S/C48H92N8O4/c1-11-13-15-17-19-25-33-59-55-45(3,4)35-39(36-46(55,5)6)27-21-23-30-49-42-52-43(54-44(53-42)51-32-29-41(57)58)50-31-24-22-28-40-37-47(7,8)56(48(9,10)38-40)60-34-26-20-18-16-14-12-2/h39-40H,11-38H2,1-10H3,(H,57,58)(H3,49,50,51,52,53,54). The molecule has 0 radical (unpaired) electrons. The Labute approximate surface area is 367 Å². The average molecular weight is 845 g/mol. The first-order valence-electron chi connectivity index (χ1n) is 24.5. The number of nitrogens with one attached hydrogen (secondary N) is 3. The quantitative estimate of drug-likeness (QED) is 0.0514. The van der Waals surface area contributed by atoms with Crippen molar-refractivity contribution in [2.75, 3.05) is 48.8 Å². The maximum atomic E-state index is 11.2. The number of hydroxylamine groups is 4. The van der Waals surface area contributed by atoms with E-state index >= 15 is 0 Å². The number of rotatable bonds is 32. The summed E-state index contributed by atoms with van der Waals surface area (Å²) in [7, 11) is 0. The lowest BCUT2D eigenvalue weighted by atomic mass is 9.73. The van der Waals surface area contributed by atoms with E-state index in [1.807, 2.05) is 0 Å². The van der Waals surface area contributed by atoms with E-state index in [1.165, 1.54) is 77.0 Å². The molecule has 2 fully saturated rings. The van der Waals surface area contributed by atoms with Crippen molar-refractivity contribution in [1.29, 1.82) is 0 Å². The minimum atomic E-state index is -0.857. The van der Waals surface area contributed by atoms with Crippen LogP contribution >= 0.6 is 0 Å². The van der Waals surface area contributed by atoms with E-state index in [-0.39, 0.29) is 35.1 Å². The van der Waals surface area contributed by atoms with Gasteiger partial charge in [0.15, 0.2) is 0 Å². The van der Waals surface area contributed by atoms with Crippen LogP contribution in [-0.2, 0) is 14.5 Å². The number of hydrogen-bond acceptors (Lipinski definition) is 11.